The number of methoxy groups -OCH3 is 1. The second-order valence-corrected chi connectivity index (χ2v) is 3.82. The van der Waals surface area contributed by atoms with Crippen LogP contribution in [-0.4, -0.2) is 31.5 Å². The van der Waals surface area contributed by atoms with Crippen molar-refractivity contribution in [1.29, 1.82) is 0 Å². The van der Waals surface area contributed by atoms with Crippen LogP contribution in [0.5, 0.6) is 5.75 Å². The van der Waals surface area contributed by atoms with Crippen molar-refractivity contribution >= 4 is 0 Å². The average Bonchev–Trinajstić information content (AvgIpc) is 2.34. The molecule has 0 spiro atoms. The average molecular weight is 234 g/mol. The Morgan fingerprint density at radius 3 is 2.82 bits per heavy atom. The van der Waals surface area contributed by atoms with Gasteiger partial charge in [0.2, 0.25) is 0 Å². The molecule has 1 aromatic rings. The number of benzene rings is 1. The molecule has 0 heterocycles. The van der Waals surface area contributed by atoms with Gasteiger partial charge in [-0.05, 0) is 31.5 Å². The second-order valence-electron chi connectivity index (χ2n) is 3.82. The van der Waals surface area contributed by atoms with Gasteiger partial charge in [0.05, 0.1) is 11.7 Å². The highest BCUT2D eigenvalue weighted by Gasteiger charge is 2.05. The van der Waals surface area contributed by atoms with Crippen molar-refractivity contribution in [2.45, 2.75) is 20.0 Å². The summed E-state index contributed by atoms with van der Waals surface area (Å²) in [5.74, 6) is 6.23. The highest BCUT2D eigenvalue weighted by Crippen LogP contribution is 2.19. The van der Waals surface area contributed by atoms with E-state index >= 15 is 0 Å². The molecule has 0 aliphatic carbocycles. The van der Waals surface area contributed by atoms with Crippen molar-refractivity contribution in [3.05, 3.63) is 29.3 Å². The van der Waals surface area contributed by atoms with E-state index in [9.17, 15) is 0 Å². The van der Waals surface area contributed by atoms with Crippen LogP contribution in [0.2, 0.25) is 0 Å². The van der Waals surface area contributed by atoms with Gasteiger partial charge in [0.1, 0.15) is 19.0 Å². The molecule has 0 aliphatic rings. The molecule has 1 rings (SSSR count). The summed E-state index contributed by atoms with van der Waals surface area (Å²) in [6.07, 6.45) is 0.0370. The van der Waals surface area contributed by atoms with E-state index in [1.807, 2.05) is 32.0 Å². The molecular weight excluding hydrogens is 216 g/mol. The van der Waals surface area contributed by atoms with Gasteiger partial charge < -0.3 is 14.6 Å². The minimum absolute atomic E-state index is 0.0370. The van der Waals surface area contributed by atoms with Crippen LogP contribution in [0.15, 0.2) is 18.2 Å². The molecule has 0 bridgehead atoms. The normalized spacial score (nSPS) is 11.5. The second kappa shape index (κ2) is 6.95. The molecule has 1 N–H and O–H groups in total. The fraction of sp³-hybridized carbons (Fsp3) is 0.429. The van der Waals surface area contributed by atoms with E-state index in [1.54, 1.807) is 7.11 Å². The zero-order valence-corrected chi connectivity index (χ0v) is 10.5. The zero-order valence-electron chi connectivity index (χ0n) is 10.5. The van der Waals surface area contributed by atoms with Crippen molar-refractivity contribution in [1.82, 2.24) is 0 Å². The minimum atomic E-state index is -0.151. The molecule has 0 aromatic heterocycles. The van der Waals surface area contributed by atoms with Crippen LogP contribution in [-0.2, 0) is 4.74 Å². The van der Waals surface area contributed by atoms with E-state index in [4.69, 9.17) is 14.6 Å². The number of aliphatic hydroxyl groups is 1. The van der Waals surface area contributed by atoms with Crippen molar-refractivity contribution in [3.63, 3.8) is 0 Å². The maximum Gasteiger partial charge on any atom is 0.135 e. The predicted octanol–water partition coefficient (Wildman–Crippen LogP) is 1.75. The van der Waals surface area contributed by atoms with Crippen molar-refractivity contribution < 1.29 is 14.6 Å². The molecule has 0 amide bonds. The first-order chi connectivity index (χ1) is 8.17. The molecule has 1 unspecified atom stereocenters. The lowest BCUT2D eigenvalue weighted by Gasteiger charge is -2.13. The fourth-order valence-corrected chi connectivity index (χ4v) is 1.28. The maximum absolute atomic E-state index is 8.71. The summed E-state index contributed by atoms with van der Waals surface area (Å²) >= 11 is 0. The summed E-state index contributed by atoms with van der Waals surface area (Å²) in [6.45, 7) is 4.26. The summed E-state index contributed by atoms with van der Waals surface area (Å²) in [5.41, 5.74) is 1.90. The first-order valence-electron chi connectivity index (χ1n) is 5.53. The largest absolute Gasteiger partial charge is 0.490 e. The summed E-state index contributed by atoms with van der Waals surface area (Å²) in [5, 5.41) is 8.71. The van der Waals surface area contributed by atoms with Crippen LogP contribution in [0, 0.1) is 18.8 Å². The van der Waals surface area contributed by atoms with Gasteiger partial charge in [0, 0.05) is 7.11 Å². The van der Waals surface area contributed by atoms with Gasteiger partial charge in [-0.25, -0.2) is 0 Å². The Hall–Kier alpha value is -1.50. The van der Waals surface area contributed by atoms with Gasteiger partial charge >= 0.3 is 0 Å². The van der Waals surface area contributed by atoms with E-state index in [2.05, 4.69) is 11.8 Å². The van der Waals surface area contributed by atoms with E-state index < -0.39 is 0 Å². The lowest BCUT2D eigenvalue weighted by molar-refractivity contribution is 0.0715. The summed E-state index contributed by atoms with van der Waals surface area (Å²) in [7, 11) is 1.65. The first-order valence-corrected chi connectivity index (χ1v) is 5.53. The van der Waals surface area contributed by atoms with Gasteiger partial charge in [-0.2, -0.15) is 0 Å². The topological polar surface area (TPSA) is 38.7 Å². The van der Waals surface area contributed by atoms with Crippen molar-refractivity contribution in [2.75, 3.05) is 20.3 Å². The van der Waals surface area contributed by atoms with Crippen LogP contribution in [0.25, 0.3) is 0 Å². The molecule has 3 nitrogen and oxygen atoms in total. The lowest BCUT2D eigenvalue weighted by Crippen LogP contribution is -2.16. The quantitative estimate of drug-likeness (QED) is 0.807. The summed E-state index contributed by atoms with van der Waals surface area (Å²) < 4.78 is 10.7. The van der Waals surface area contributed by atoms with Gasteiger partial charge in [-0.15, -0.1) is 0 Å². The predicted molar refractivity (Wildman–Crippen MR) is 67.1 cm³/mol. The molecule has 1 atom stereocenters. The molecule has 0 radical (unpaired) electrons. The monoisotopic (exact) mass is 234 g/mol. The molecule has 17 heavy (non-hydrogen) atoms. The number of ether oxygens (including phenoxy) is 2. The van der Waals surface area contributed by atoms with Gasteiger partial charge in [0.25, 0.3) is 0 Å². The van der Waals surface area contributed by atoms with Crippen LogP contribution >= 0.6 is 0 Å². The Morgan fingerprint density at radius 2 is 2.18 bits per heavy atom. The first kappa shape index (κ1) is 13.6. The van der Waals surface area contributed by atoms with Gasteiger partial charge in [-0.3, -0.25) is 0 Å². The third kappa shape index (κ3) is 4.48. The van der Waals surface area contributed by atoms with E-state index in [-0.39, 0.29) is 12.7 Å². The third-order valence-corrected chi connectivity index (χ3v) is 2.31. The number of aliphatic hydroxyl groups excluding tert-OH is 1. The van der Waals surface area contributed by atoms with Crippen molar-refractivity contribution in [2.24, 2.45) is 0 Å². The van der Waals surface area contributed by atoms with E-state index in [0.29, 0.717) is 6.61 Å². The smallest absolute Gasteiger partial charge is 0.135 e. The number of aryl methyl sites for hydroxylation is 1. The van der Waals surface area contributed by atoms with Crippen LogP contribution in [0.3, 0.4) is 0 Å². The number of hydrogen-bond donors (Lipinski definition) is 1. The van der Waals surface area contributed by atoms with Crippen LogP contribution in [0.4, 0.5) is 0 Å². The summed E-state index contributed by atoms with van der Waals surface area (Å²) in [4.78, 5) is 0. The Morgan fingerprint density at radius 1 is 1.41 bits per heavy atom. The van der Waals surface area contributed by atoms with Gasteiger partial charge in [0.15, 0.2) is 0 Å². The molecule has 92 valence electrons. The number of hydrogen-bond acceptors (Lipinski definition) is 3. The van der Waals surface area contributed by atoms with Crippen molar-refractivity contribution in [3.8, 4) is 17.6 Å². The summed E-state index contributed by atoms with van der Waals surface area (Å²) in [6, 6.07) is 5.80. The van der Waals surface area contributed by atoms with E-state index in [0.717, 1.165) is 16.9 Å². The molecule has 0 saturated heterocycles. The lowest BCUT2D eigenvalue weighted by atomic mass is 10.1. The Kier molecular flexibility index (Phi) is 5.55. The highest BCUT2D eigenvalue weighted by atomic mass is 16.5. The number of rotatable bonds is 4. The minimum Gasteiger partial charge on any atom is -0.490 e. The van der Waals surface area contributed by atoms with Crippen LogP contribution in [0.1, 0.15) is 18.1 Å². The SMILES string of the molecule is COC(C)COc1ccc(C)cc1C#CCO. The van der Waals surface area contributed by atoms with Gasteiger partial charge in [-0.1, -0.05) is 17.9 Å². The molecular formula is C14H18O3. The Balaban J connectivity index is 2.82. The fourth-order valence-electron chi connectivity index (χ4n) is 1.28. The standard InChI is InChI=1S/C14H18O3/c1-11-6-7-14(17-10-12(2)16-3)13(9-11)5-4-8-15/h6-7,9,12,15H,8,10H2,1-3H3. The third-order valence-electron chi connectivity index (χ3n) is 2.31. The molecule has 0 saturated carbocycles. The van der Waals surface area contributed by atoms with E-state index in [1.165, 1.54) is 0 Å². The molecule has 3 heteroatoms. The zero-order chi connectivity index (χ0) is 12.7. The highest BCUT2D eigenvalue weighted by molar-refractivity contribution is 5.48. The molecule has 0 aliphatic heterocycles. The van der Waals surface area contributed by atoms with Crippen LogP contribution < -0.4 is 4.74 Å². The molecule has 0 fully saturated rings. The maximum atomic E-state index is 8.71. The molecule has 1 aromatic carbocycles. The Bertz CT molecular complexity index is 415. The Labute approximate surface area is 102 Å².